The first kappa shape index (κ1) is 20.8. The smallest absolute Gasteiger partial charge is 0.263 e. The molecule has 3 rings (SSSR count). The van der Waals surface area contributed by atoms with Gasteiger partial charge in [-0.1, -0.05) is 18.2 Å². The maximum atomic E-state index is 12.9. The molecule has 9 heteroatoms. The van der Waals surface area contributed by atoms with Crippen molar-refractivity contribution in [2.75, 3.05) is 15.8 Å². The number of rotatable bonds is 8. The molecule has 0 aliphatic rings. The maximum absolute atomic E-state index is 12.9. The van der Waals surface area contributed by atoms with E-state index in [1.807, 2.05) is 0 Å². The largest absolute Gasteiger partial charge is 0.325 e. The molecule has 29 heavy (non-hydrogen) atoms. The van der Waals surface area contributed by atoms with Gasteiger partial charge in [0, 0.05) is 17.6 Å². The summed E-state index contributed by atoms with van der Waals surface area (Å²) in [4.78, 5) is 16.0. The van der Waals surface area contributed by atoms with E-state index in [-0.39, 0.29) is 28.2 Å². The van der Waals surface area contributed by atoms with E-state index in [1.165, 1.54) is 54.4 Å². The van der Waals surface area contributed by atoms with Gasteiger partial charge in [-0.15, -0.1) is 11.8 Å². The summed E-state index contributed by atoms with van der Waals surface area (Å²) in [5.41, 5.74) is 1.42. The lowest BCUT2D eigenvalue weighted by atomic mass is 10.2. The van der Waals surface area contributed by atoms with Crippen molar-refractivity contribution in [2.45, 2.75) is 10.6 Å². The number of anilines is 2. The molecule has 1 amide bonds. The molecular formula is C20H18FN3O3S2. The minimum absolute atomic E-state index is 0.0619. The molecule has 1 aromatic heterocycles. The van der Waals surface area contributed by atoms with Gasteiger partial charge in [-0.05, 0) is 54.1 Å². The Bertz CT molecular complexity index is 1060. The summed E-state index contributed by atoms with van der Waals surface area (Å²) in [6, 6.07) is 16.9. The lowest BCUT2D eigenvalue weighted by Crippen LogP contribution is -2.15. The Balaban J connectivity index is 1.51. The number of halogens is 1. The molecule has 0 aliphatic carbocycles. The van der Waals surface area contributed by atoms with Crippen LogP contribution in [-0.2, 0) is 20.6 Å². The van der Waals surface area contributed by atoms with Crippen molar-refractivity contribution < 1.29 is 17.6 Å². The van der Waals surface area contributed by atoms with E-state index in [0.717, 1.165) is 5.56 Å². The number of carbonyl (C=O) groups is 1. The van der Waals surface area contributed by atoms with Gasteiger partial charge in [0.05, 0.1) is 10.6 Å². The number of benzene rings is 2. The third kappa shape index (κ3) is 6.30. The van der Waals surface area contributed by atoms with Crippen molar-refractivity contribution in [3.8, 4) is 0 Å². The van der Waals surface area contributed by atoms with Gasteiger partial charge in [0.15, 0.2) is 0 Å². The molecule has 0 saturated carbocycles. The van der Waals surface area contributed by atoms with Crippen LogP contribution in [0.25, 0.3) is 0 Å². The molecule has 2 N–H and O–H groups in total. The summed E-state index contributed by atoms with van der Waals surface area (Å²) < 4.78 is 40.0. The zero-order valence-electron chi connectivity index (χ0n) is 15.2. The zero-order valence-corrected chi connectivity index (χ0v) is 16.8. The normalized spacial score (nSPS) is 11.1. The van der Waals surface area contributed by atoms with Crippen LogP contribution in [0.1, 0.15) is 5.56 Å². The average molecular weight is 432 g/mol. The topological polar surface area (TPSA) is 88.2 Å². The van der Waals surface area contributed by atoms with Gasteiger partial charge in [-0.25, -0.2) is 17.8 Å². The fourth-order valence-corrected chi connectivity index (χ4v) is 4.17. The van der Waals surface area contributed by atoms with Gasteiger partial charge in [-0.3, -0.25) is 9.52 Å². The van der Waals surface area contributed by atoms with Crippen LogP contribution in [0.15, 0.2) is 77.8 Å². The second-order valence-corrected chi connectivity index (χ2v) is 8.68. The van der Waals surface area contributed by atoms with Gasteiger partial charge >= 0.3 is 0 Å². The predicted molar refractivity (Wildman–Crippen MR) is 113 cm³/mol. The molecule has 150 valence electrons. The molecule has 3 aromatic rings. The standard InChI is InChI=1S/C20H18FN3O3S2/c21-16-6-4-15(5-7-16)13-28-14-20(25)23-17-8-10-18(11-9-17)29(26,27)24-19-3-1-2-12-22-19/h1-12H,13-14H2,(H,22,24)(H,23,25). The van der Waals surface area contributed by atoms with Gasteiger partial charge in [0.1, 0.15) is 11.6 Å². The van der Waals surface area contributed by atoms with Gasteiger partial charge < -0.3 is 5.32 Å². The van der Waals surface area contributed by atoms with Crippen molar-refractivity contribution >= 4 is 39.2 Å². The Hall–Kier alpha value is -2.91. The molecule has 2 aromatic carbocycles. The highest BCUT2D eigenvalue weighted by Crippen LogP contribution is 2.18. The molecule has 0 fully saturated rings. The molecule has 0 aliphatic heterocycles. The van der Waals surface area contributed by atoms with E-state index in [2.05, 4.69) is 15.0 Å². The number of thioether (sulfide) groups is 1. The molecule has 0 atom stereocenters. The van der Waals surface area contributed by atoms with Crippen LogP contribution in [0.2, 0.25) is 0 Å². The first-order valence-electron chi connectivity index (χ1n) is 8.58. The molecule has 6 nitrogen and oxygen atoms in total. The summed E-state index contributed by atoms with van der Waals surface area (Å²) in [5.74, 6) is 0.530. The van der Waals surface area contributed by atoms with Crippen LogP contribution >= 0.6 is 11.8 Å². The molecule has 0 bridgehead atoms. The SMILES string of the molecule is O=C(CSCc1ccc(F)cc1)Nc1ccc(S(=O)(=O)Nc2ccccn2)cc1. The molecule has 0 spiro atoms. The molecule has 0 saturated heterocycles. The highest BCUT2D eigenvalue weighted by Gasteiger charge is 2.14. The summed E-state index contributed by atoms with van der Waals surface area (Å²) >= 11 is 1.40. The number of pyridine rings is 1. The average Bonchev–Trinajstić information content (AvgIpc) is 2.70. The molecule has 0 radical (unpaired) electrons. The highest BCUT2D eigenvalue weighted by atomic mass is 32.2. The monoisotopic (exact) mass is 431 g/mol. The van der Waals surface area contributed by atoms with E-state index < -0.39 is 10.0 Å². The van der Waals surface area contributed by atoms with Crippen LogP contribution in [0.4, 0.5) is 15.9 Å². The third-order valence-electron chi connectivity index (χ3n) is 3.77. The predicted octanol–water partition coefficient (Wildman–Crippen LogP) is 3.89. The highest BCUT2D eigenvalue weighted by molar-refractivity contribution is 7.99. The fourth-order valence-electron chi connectivity index (χ4n) is 2.38. The summed E-state index contributed by atoms with van der Waals surface area (Å²) in [7, 11) is -3.76. The van der Waals surface area contributed by atoms with Crippen LogP contribution in [0.5, 0.6) is 0 Å². The summed E-state index contributed by atoms with van der Waals surface area (Å²) in [6.45, 7) is 0. The minimum Gasteiger partial charge on any atom is -0.325 e. The molecule has 0 unspecified atom stereocenters. The quantitative estimate of drug-likeness (QED) is 0.565. The number of sulfonamides is 1. The van der Waals surface area contributed by atoms with Crippen molar-refractivity contribution in [1.29, 1.82) is 0 Å². The van der Waals surface area contributed by atoms with E-state index >= 15 is 0 Å². The first-order valence-corrected chi connectivity index (χ1v) is 11.2. The number of carbonyl (C=O) groups excluding carboxylic acids is 1. The Morgan fingerprint density at radius 2 is 1.72 bits per heavy atom. The van der Waals surface area contributed by atoms with Crippen LogP contribution < -0.4 is 10.0 Å². The number of nitrogens with zero attached hydrogens (tertiary/aromatic N) is 1. The lowest BCUT2D eigenvalue weighted by Gasteiger charge is -2.09. The van der Waals surface area contributed by atoms with Crippen molar-refractivity contribution in [3.05, 3.63) is 84.3 Å². The Kier molecular flexibility index (Phi) is 6.84. The van der Waals surface area contributed by atoms with Crippen LogP contribution in [0, 0.1) is 5.82 Å². The van der Waals surface area contributed by atoms with Crippen LogP contribution in [-0.4, -0.2) is 25.1 Å². The number of hydrogen-bond acceptors (Lipinski definition) is 5. The molecular weight excluding hydrogens is 413 g/mol. The third-order valence-corrected chi connectivity index (χ3v) is 6.14. The second kappa shape index (κ2) is 9.53. The Morgan fingerprint density at radius 1 is 1.00 bits per heavy atom. The maximum Gasteiger partial charge on any atom is 0.263 e. The van der Waals surface area contributed by atoms with Gasteiger partial charge in [0.2, 0.25) is 5.91 Å². The Labute approximate surface area is 172 Å². The van der Waals surface area contributed by atoms with Crippen molar-refractivity contribution in [2.24, 2.45) is 0 Å². The molecule has 1 heterocycles. The zero-order chi connectivity index (χ0) is 20.7. The van der Waals surface area contributed by atoms with Crippen molar-refractivity contribution in [1.82, 2.24) is 4.98 Å². The van der Waals surface area contributed by atoms with E-state index in [9.17, 15) is 17.6 Å². The van der Waals surface area contributed by atoms with Gasteiger partial charge in [-0.2, -0.15) is 0 Å². The number of aromatic nitrogens is 1. The first-order chi connectivity index (χ1) is 13.9. The number of hydrogen-bond donors (Lipinski definition) is 2. The Morgan fingerprint density at radius 3 is 2.38 bits per heavy atom. The van der Waals surface area contributed by atoms with Crippen LogP contribution in [0.3, 0.4) is 0 Å². The minimum atomic E-state index is -3.76. The number of amides is 1. The van der Waals surface area contributed by atoms with E-state index in [0.29, 0.717) is 11.4 Å². The lowest BCUT2D eigenvalue weighted by molar-refractivity contribution is -0.113. The van der Waals surface area contributed by atoms with Gasteiger partial charge in [0.25, 0.3) is 10.0 Å². The summed E-state index contributed by atoms with van der Waals surface area (Å²) in [5, 5.41) is 2.72. The van der Waals surface area contributed by atoms with Crippen molar-refractivity contribution in [3.63, 3.8) is 0 Å². The van der Waals surface area contributed by atoms with E-state index in [4.69, 9.17) is 0 Å². The summed E-state index contributed by atoms with van der Waals surface area (Å²) in [6.07, 6.45) is 1.49. The number of nitrogens with one attached hydrogen (secondary N) is 2. The van der Waals surface area contributed by atoms with E-state index in [1.54, 1.807) is 30.3 Å². The second-order valence-electron chi connectivity index (χ2n) is 6.01. The fraction of sp³-hybridized carbons (Fsp3) is 0.100.